The number of carbonyl (C=O) groups is 1. The standard InChI is InChI=1S/C30H40N4O3/c1-2-37-30(36)27(31)28-29(35)34(26-13-6-5-12-25(26)32-28)24-17-21-10-7-11-22(18-24)33(21)23-15-19-8-3-4-9-20(14-19)16-23/h5-6,12-13,19-24,31H,2-4,7-11,14-18H2,1H3/t19?,20?,21-,22+,23?,24?. The molecule has 1 aromatic heterocycles. The van der Waals surface area contributed by atoms with Crippen molar-refractivity contribution in [2.45, 2.75) is 108 Å². The Morgan fingerprint density at radius 2 is 1.59 bits per heavy atom. The number of rotatable bonds is 5. The fraction of sp³-hybridized carbons (Fsp3) is 0.667. The molecule has 2 aromatic rings. The van der Waals surface area contributed by atoms with Gasteiger partial charge in [0.1, 0.15) is 0 Å². The lowest BCUT2D eigenvalue weighted by molar-refractivity contribution is -0.135. The highest BCUT2D eigenvalue weighted by Crippen LogP contribution is 2.46. The fourth-order valence-corrected chi connectivity index (χ4v) is 8.29. The third kappa shape index (κ3) is 4.64. The van der Waals surface area contributed by atoms with Crippen LogP contribution in [0.25, 0.3) is 11.0 Å². The van der Waals surface area contributed by atoms with Crippen molar-refractivity contribution in [3.63, 3.8) is 0 Å². The Hall–Kier alpha value is -2.54. The topological polar surface area (TPSA) is 88.3 Å². The van der Waals surface area contributed by atoms with Crippen LogP contribution in [-0.4, -0.2) is 50.9 Å². The molecule has 4 bridgehead atoms. The molecule has 1 aromatic carbocycles. The molecule has 2 aliphatic carbocycles. The van der Waals surface area contributed by atoms with E-state index in [9.17, 15) is 9.59 Å². The Bertz CT molecular complexity index is 1210. The Balaban J connectivity index is 1.33. The summed E-state index contributed by atoms with van der Waals surface area (Å²) in [5.74, 6) is 1.00. The Morgan fingerprint density at radius 3 is 2.27 bits per heavy atom. The Labute approximate surface area is 219 Å². The molecule has 2 saturated heterocycles. The van der Waals surface area contributed by atoms with Crippen molar-refractivity contribution in [2.75, 3.05) is 6.61 Å². The molecule has 7 heteroatoms. The van der Waals surface area contributed by atoms with Crippen molar-refractivity contribution in [1.29, 1.82) is 5.41 Å². The number of para-hydroxylation sites is 2. The largest absolute Gasteiger partial charge is 0.461 e. The molecule has 0 amide bonds. The molecule has 1 N–H and O–H groups in total. The predicted molar refractivity (Wildman–Crippen MR) is 144 cm³/mol. The van der Waals surface area contributed by atoms with Gasteiger partial charge in [0.05, 0.1) is 17.6 Å². The highest BCUT2D eigenvalue weighted by molar-refractivity contribution is 6.41. The number of nitrogens with one attached hydrogen (secondary N) is 1. The highest BCUT2D eigenvalue weighted by Gasteiger charge is 2.45. The maximum Gasteiger partial charge on any atom is 0.358 e. The molecule has 4 aliphatic rings. The first kappa shape index (κ1) is 24.8. The molecule has 2 saturated carbocycles. The van der Waals surface area contributed by atoms with Crippen molar-refractivity contribution in [3.8, 4) is 0 Å². The molecule has 6 rings (SSSR count). The number of ether oxygens (including phenoxy) is 1. The summed E-state index contributed by atoms with van der Waals surface area (Å²) in [5.41, 5.74) is 0.565. The van der Waals surface area contributed by atoms with Crippen LogP contribution in [0, 0.1) is 17.2 Å². The summed E-state index contributed by atoms with van der Waals surface area (Å²) in [6, 6.07) is 9.38. The molecule has 0 spiro atoms. The third-order valence-corrected chi connectivity index (χ3v) is 9.66. The number of piperidine rings is 2. The van der Waals surface area contributed by atoms with Gasteiger partial charge in [-0.3, -0.25) is 15.1 Å². The smallest absolute Gasteiger partial charge is 0.358 e. The van der Waals surface area contributed by atoms with Crippen LogP contribution in [0.4, 0.5) is 0 Å². The summed E-state index contributed by atoms with van der Waals surface area (Å²) in [6.07, 6.45) is 15.3. The van der Waals surface area contributed by atoms with Crippen LogP contribution in [0.15, 0.2) is 29.1 Å². The lowest BCUT2D eigenvalue weighted by atomic mass is 9.73. The second kappa shape index (κ2) is 10.3. The molecule has 7 nitrogen and oxygen atoms in total. The van der Waals surface area contributed by atoms with Gasteiger partial charge in [-0.15, -0.1) is 0 Å². The van der Waals surface area contributed by atoms with E-state index in [0.29, 0.717) is 23.6 Å². The van der Waals surface area contributed by atoms with E-state index in [0.717, 1.165) is 30.2 Å². The van der Waals surface area contributed by atoms with Crippen molar-refractivity contribution < 1.29 is 9.53 Å². The minimum atomic E-state index is -0.792. The van der Waals surface area contributed by atoms with Crippen LogP contribution >= 0.6 is 0 Å². The van der Waals surface area contributed by atoms with E-state index < -0.39 is 11.7 Å². The second-order valence-electron chi connectivity index (χ2n) is 11.9. The normalized spacial score (nSPS) is 32.0. The zero-order chi connectivity index (χ0) is 25.5. The zero-order valence-electron chi connectivity index (χ0n) is 22.0. The van der Waals surface area contributed by atoms with Gasteiger partial charge in [-0.2, -0.15) is 0 Å². The molecule has 37 heavy (non-hydrogen) atoms. The fourth-order valence-electron chi connectivity index (χ4n) is 8.29. The highest BCUT2D eigenvalue weighted by atomic mass is 16.5. The van der Waals surface area contributed by atoms with E-state index >= 15 is 0 Å². The molecular weight excluding hydrogens is 464 g/mol. The summed E-state index contributed by atoms with van der Waals surface area (Å²) >= 11 is 0. The Kier molecular flexibility index (Phi) is 6.91. The first-order valence-electron chi connectivity index (χ1n) is 14.6. The number of benzene rings is 1. The van der Waals surface area contributed by atoms with E-state index in [1.54, 1.807) is 6.92 Å². The molecule has 3 unspecified atom stereocenters. The number of hydrogen-bond acceptors (Lipinski definition) is 6. The van der Waals surface area contributed by atoms with Gasteiger partial charge in [0.15, 0.2) is 11.4 Å². The van der Waals surface area contributed by atoms with E-state index in [-0.39, 0.29) is 23.9 Å². The molecular formula is C30H40N4O3. The average molecular weight is 505 g/mol. The van der Waals surface area contributed by atoms with E-state index in [1.807, 2.05) is 28.8 Å². The van der Waals surface area contributed by atoms with Gasteiger partial charge in [0.2, 0.25) is 0 Å². The van der Waals surface area contributed by atoms with Gasteiger partial charge in [-0.1, -0.05) is 44.2 Å². The number of aromatic nitrogens is 2. The number of fused-ring (bicyclic) bond motifs is 5. The van der Waals surface area contributed by atoms with Gasteiger partial charge in [-0.05, 0) is 75.8 Å². The lowest BCUT2D eigenvalue weighted by Gasteiger charge is -2.54. The summed E-state index contributed by atoms with van der Waals surface area (Å²) in [5, 5.41) is 8.38. The first-order chi connectivity index (χ1) is 18.0. The molecule has 198 valence electrons. The first-order valence-corrected chi connectivity index (χ1v) is 14.6. The predicted octanol–water partition coefficient (Wildman–Crippen LogP) is 5.24. The number of esters is 1. The number of hydrogen-bond donors (Lipinski definition) is 1. The van der Waals surface area contributed by atoms with E-state index in [4.69, 9.17) is 10.1 Å². The summed E-state index contributed by atoms with van der Waals surface area (Å²) in [7, 11) is 0. The lowest BCUT2D eigenvalue weighted by Crippen LogP contribution is -2.58. The SMILES string of the molecule is CCOC(=O)C(=N)c1nc2ccccc2n(C2C[C@H]3CCC[C@@H](C2)N3C2CC3CCCCC(C3)C2)c1=O. The van der Waals surface area contributed by atoms with Crippen molar-refractivity contribution in [1.82, 2.24) is 14.5 Å². The number of nitrogens with zero attached hydrogens (tertiary/aromatic N) is 3. The third-order valence-electron chi connectivity index (χ3n) is 9.66. The van der Waals surface area contributed by atoms with E-state index in [2.05, 4.69) is 9.88 Å². The molecule has 0 radical (unpaired) electrons. The monoisotopic (exact) mass is 504 g/mol. The Morgan fingerprint density at radius 1 is 0.919 bits per heavy atom. The molecule has 4 fully saturated rings. The quantitative estimate of drug-likeness (QED) is 0.444. The van der Waals surface area contributed by atoms with E-state index in [1.165, 1.54) is 64.2 Å². The zero-order valence-corrected chi connectivity index (χ0v) is 22.0. The van der Waals surface area contributed by atoms with Crippen LogP contribution < -0.4 is 5.56 Å². The minimum absolute atomic E-state index is 0.0477. The maximum atomic E-state index is 13.8. The van der Waals surface area contributed by atoms with Crippen LogP contribution in [-0.2, 0) is 9.53 Å². The van der Waals surface area contributed by atoms with Gasteiger partial charge in [0.25, 0.3) is 5.56 Å². The van der Waals surface area contributed by atoms with Crippen LogP contribution in [0.2, 0.25) is 0 Å². The second-order valence-corrected chi connectivity index (χ2v) is 11.9. The van der Waals surface area contributed by atoms with Crippen LogP contribution in [0.5, 0.6) is 0 Å². The average Bonchev–Trinajstić information content (AvgIpc) is 3.06. The van der Waals surface area contributed by atoms with Crippen molar-refractivity contribution in [2.24, 2.45) is 11.8 Å². The van der Waals surface area contributed by atoms with Gasteiger partial charge in [0, 0.05) is 24.2 Å². The number of carbonyl (C=O) groups excluding carboxylic acids is 1. The van der Waals surface area contributed by atoms with Crippen molar-refractivity contribution >= 4 is 22.7 Å². The maximum absolute atomic E-state index is 13.8. The van der Waals surface area contributed by atoms with Gasteiger partial charge >= 0.3 is 5.97 Å². The summed E-state index contributed by atoms with van der Waals surface area (Å²) in [6.45, 7) is 1.86. The van der Waals surface area contributed by atoms with Crippen molar-refractivity contribution in [3.05, 3.63) is 40.3 Å². The molecule has 5 atom stereocenters. The molecule has 2 aliphatic heterocycles. The summed E-state index contributed by atoms with van der Waals surface area (Å²) in [4.78, 5) is 33.6. The van der Waals surface area contributed by atoms with Crippen LogP contribution in [0.1, 0.15) is 95.7 Å². The van der Waals surface area contributed by atoms with Crippen LogP contribution in [0.3, 0.4) is 0 Å². The molecule has 3 heterocycles. The summed E-state index contributed by atoms with van der Waals surface area (Å²) < 4.78 is 6.90. The minimum Gasteiger partial charge on any atom is -0.461 e. The van der Waals surface area contributed by atoms with Gasteiger partial charge < -0.3 is 9.30 Å². The van der Waals surface area contributed by atoms with Gasteiger partial charge in [-0.25, -0.2) is 9.78 Å².